The van der Waals surface area contributed by atoms with Gasteiger partial charge in [0.25, 0.3) is 0 Å². The number of nitrogens with two attached hydrogens (primary N) is 1. The molecule has 0 saturated carbocycles. The molecule has 3 N–H and O–H groups in total. The van der Waals surface area contributed by atoms with Gasteiger partial charge < -0.3 is 9.72 Å². The van der Waals surface area contributed by atoms with Gasteiger partial charge >= 0.3 is 0 Å². The van der Waals surface area contributed by atoms with Crippen LogP contribution in [-0.2, 0) is 27.7 Å². The van der Waals surface area contributed by atoms with E-state index in [-0.39, 0.29) is 23.0 Å². The molecule has 26 heavy (non-hydrogen) atoms. The molecule has 3 aromatic rings. The molecule has 0 fully saturated rings. The lowest BCUT2D eigenvalue weighted by Gasteiger charge is -2.05. The third kappa shape index (κ3) is 4.44. The molecule has 0 saturated heterocycles. The molecule has 3 rings (SSSR count). The number of imidazole rings is 1. The third-order valence-electron chi connectivity index (χ3n) is 3.79. The van der Waals surface area contributed by atoms with Gasteiger partial charge in [0.2, 0.25) is 15.9 Å². The summed E-state index contributed by atoms with van der Waals surface area (Å²) in [6.07, 6.45) is 3.56. The monoisotopic (exact) mass is 376 g/mol. The summed E-state index contributed by atoms with van der Waals surface area (Å²) in [4.78, 5) is 16.3. The Labute approximate surface area is 149 Å². The molecule has 9 heteroatoms. The van der Waals surface area contributed by atoms with Crippen LogP contribution in [-0.4, -0.2) is 30.3 Å². The fourth-order valence-electron chi connectivity index (χ4n) is 2.52. The number of pyridine rings is 1. The lowest BCUT2D eigenvalue weighted by Crippen LogP contribution is -2.27. The molecule has 0 aliphatic rings. The molecule has 0 aliphatic heterocycles. The van der Waals surface area contributed by atoms with Crippen LogP contribution < -0.4 is 10.5 Å². The quantitative estimate of drug-likeness (QED) is 0.670. The number of hydrogen-bond donors (Lipinski definition) is 2. The predicted octanol–water partition coefficient (Wildman–Crippen LogP) is 1.02. The molecule has 0 radical (unpaired) electrons. The molecular formula is C17H17FN4O3S. The van der Waals surface area contributed by atoms with E-state index in [4.69, 9.17) is 5.14 Å². The lowest BCUT2D eigenvalue weighted by atomic mass is 10.1. The van der Waals surface area contributed by atoms with Gasteiger partial charge in [0.1, 0.15) is 11.5 Å². The highest BCUT2D eigenvalue weighted by atomic mass is 32.2. The summed E-state index contributed by atoms with van der Waals surface area (Å²) in [7, 11) is -3.70. The Balaban J connectivity index is 1.52. The Kier molecular flexibility index (Phi) is 5.01. The smallest absolute Gasteiger partial charge is 0.238 e. The van der Waals surface area contributed by atoms with E-state index in [1.54, 1.807) is 24.4 Å². The Morgan fingerprint density at radius 3 is 2.58 bits per heavy atom. The van der Waals surface area contributed by atoms with E-state index in [2.05, 4.69) is 10.3 Å². The third-order valence-corrected chi connectivity index (χ3v) is 4.72. The number of sulfonamides is 1. The summed E-state index contributed by atoms with van der Waals surface area (Å²) in [6, 6.07) is 9.03. The zero-order valence-corrected chi connectivity index (χ0v) is 14.5. The molecule has 0 spiro atoms. The van der Waals surface area contributed by atoms with E-state index in [1.807, 2.05) is 0 Å². The average molecular weight is 376 g/mol. The van der Waals surface area contributed by atoms with Crippen LogP contribution in [0.25, 0.3) is 5.65 Å². The number of hydrogen-bond acceptors (Lipinski definition) is 4. The molecule has 2 aromatic heterocycles. The molecule has 0 unspecified atom stereocenters. The number of carbonyl (C=O) groups is 1. The minimum Gasteiger partial charge on any atom is -0.355 e. The highest BCUT2D eigenvalue weighted by Crippen LogP contribution is 2.09. The van der Waals surface area contributed by atoms with Crippen molar-refractivity contribution in [1.29, 1.82) is 0 Å². The molecule has 7 nitrogen and oxygen atoms in total. The largest absolute Gasteiger partial charge is 0.355 e. The van der Waals surface area contributed by atoms with E-state index in [9.17, 15) is 17.6 Å². The maximum absolute atomic E-state index is 13.2. The predicted molar refractivity (Wildman–Crippen MR) is 93.4 cm³/mol. The van der Waals surface area contributed by atoms with Gasteiger partial charge in [0, 0.05) is 18.9 Å². The van der Waals surface area contributed by atoms with E-state index in [0.717, 1.165) is 5.56 Å². The van der Waals surface area contributed by atoms with Crippen molar-refractivity contribution in [1.82, 2.24) is 14.7 Å². The van der Waals surface area contributed by atoms with Crippen LogP contribution >= 0.6 is 0 Å². The van der Waals surface area contributed by atoms with Crippen LogP contribution in [0.3, 0.4) is 0 Å². The van der Waals surface area contributed by atoms with Crippen molar-refractivity contribution in [3.8, 4) is 0 Å². The Bertz CT molecular complexity index is 1050. The van der Waals surface area contributed by atoms with Gasteiger partial charge in [-0.3, -0.25) is 4.79 Å². The van der Waals surface area contributed by atoms with Gasteiger partial charge in [-0.25, -0.2) is 22.9 Å². The second-order valence-electron chi connectivity index (χ2n) is 5.81. The number of aromatic nitrogens is 2. The Hall–Kier alpha value is -2.78. The van der Waals surface area contributed by atoms with Crippen molar-refractivity contribution in [3.63, 3.8) is 0 Å². The Morgan fingerprint density at radius 1 is 1.15 bits per heavy atom. The number of rotatable bonds is 6. The maximum atomic E-state index is 13.2. The van der Waals surface area contributed by atoms with Crippen molar-refractivity contribution in [3.05, 3.63) is 65.9 Å². The molecule has 0 atom stereocenters. The first-order valence-corrected chi connectivity index (χ1v) is 9.37. The highest BCUT2D eigenvalue weighted by molar-refractivity contribution is 7.89. The lowest BCUT2D eigenvalue weighted by molar-refractivity contribution is -0.120. The van der Waals surface area contributed by atoms with Crippen LogP contribution in [0, 0.1) is 5.82 Å². The Morgan fingerprint density at radius 2 is 1.88 bits per heavy atom. The van der Waals surface area contributed by atoms with Gasteiger partial charge in [0.05, 0.1) is 17.0 Å². The molecule has 0 bridgehead atoms. The average Bonchev–Trinajstić information content (AvgIpc) is 2.95. The van der Waals surface area contributed by atoms with E-state index in [0.29, 0.717) is 24.3 Å². The van der Waals surface area contributed by atoms with Gasteiger partial charge in [-0.05, 0) is 36.2 Å². The number of nitrogens with zero attached hydrogens (tertiary/aromatic N) is 2. The van der Waals surface area contributed by atoms with Gasteiger partial charge in [0.15, 0.2) is 0 Å². The molecular weight excluding hydrogens is 359 g/mol. The van der Waals surface area contributed by atoms with Crippen molar-refractivity contribution < 1.29 is 17.6 Å². The summed E-state index contributed by atoms with van der Waals surface area (Å²) >= 11 is 0. The number of halogens is 1. The van der Waals surface area contributed by atoms with E-state index < -0.39 is 10.0 Å². The van der Waals surface area contributed by atoms with Gasteiger partial charge in [-0.1, -0.05) is 12.1 Å². The number of fused-ring (bicyclic) bond motifs is 1. The summed E-state index contributed by atoms with van der Waals surface area (Å²) in [5.41, 5.74) is 2.00. The topological polar surface area (TPSA) is 107 Å². The van der Waals surface area contributed by atoms with Gasteiger partial charge in [-0.15, -0.1) is 0 Å². The normalized spacial score (nSPS) is 11.6. The van der Waals surface area contributed by atoms with Gasteiger partial charge in [-0.2, -0.15) is 0 Å². The van der Waals surface area contributed by atoms with Crippen LogP contribution in [0.4, 0.5) is 4.39 Å². The second-order valence-corrected chi connectivity index (χ2v) is 7.37. The minimum absolute atomic E-state index is 0.0496. The summed E-state index contributed by atoms with van der Waals surface area (Å²) < 4.78 is 37.1. The number of carbonyl (C=O) groups excluding carboxylic acids is 1. The van der Waals surface area contributed by atoms with Crippen LogP contribution in [0.2, 0.25) is 0 Å². The molecule has 136 valence electrons. The van der Waals surface area contributed by atoms with Crippen molar-refractivity contribution in [2.75, 3.05) is 6.54 Å². The first-order chi connectivity index (χ1) is 12.3. The molecule has 1 aromatic carbocycles. The first kappa shape index (κ1) is 18.0. The highest BCUT2D eigenvalue weighted by Gasteiger charge is 2.09. The molecule has 0 aliphatic carbocycles. The summed E-state index contributed by atoms with van der Waals surface area (Å²) in [5.74, 6) is -0.575. The zero-order chi connectivity index (χ0) is 18.7. The summed E-state index contributed by atoms with van der Waals surface area (Å²) in [6.45, 7) is 0.398. The number of amides is 1. The zero-order valence-electron chi connectivity index (χ0n) is 13.7. The molecule has 2 heterocycles. The number of nitrogens with one attached hydrogen (secondary N) is 1. The fraction of sp³-hybridized carbons (Fsp3) is 0.176. The van der Waals surface area contributed by atoms with Crippen molar-refractivity contribution in [2.24, 2.45) is 5.14 Å². The second kappa shape index (κ2) is 7.22. The number of primary sulfonamides is 1. The van der Waals surface area contributed by atoms with E-state index in [1.165, 1.54) is 28.8 Å². The standard InChI is InChI=1S/C17H17FN4O3S/c18-13-3-6-16-21-14(11-22(16)10-13)9-17(23)20-8-7-12-1-4-15(5-2-12)26(19,24)25/h1-6,10-11H,7-9H2,(H,20,23)(H2,19,24,25). The fourth-order valence-corrected chi connectivity index (χ4v) is 3.04. The first-order valence-electron chi connectivity index (χ1n) is 7.83. The SMILES string of the molecule is NS(=O)(=O)c1ccc(CCNC(=O)Cc2cn3cc(F)ccc3n2)cc1. The number of benzene rings is 1. The van der Waals surface area contributed by atoms with Crippen molar-refractivity contribution >= 4 is 21.6 Å². The van der Waals surface area contributed by atoms with Crippen LogP contribution in [0.5, 0.6) is 0 Å². The van der Waals surface area contributed by atoms with Crippen LogP contribution in [0.1, 0.15) is 11.3 Å². The minimum atomic E-state index is -3.70. The molecule has 1 amide bonds. The summed E-state index contributed by atoms with van der Waals surface area (Å²) in [5, 5.41) is 7.82. The maximum Gasteiger partial charge on any atom is 0.238 e. The van der Waals surface area contributed by atoms with Crippen molar-refractivity contribution in [2.45, 2.75) is 17.7 Å². The van der Waals surface area contributed by atoms with E-state index >= 15 is 0 Å². The van der Waals surface area contributed by atoms with Crippen LogP contribution in [0.15, 0.2) is 53.7 Å².